The Morgan fingerprint density at radius 3 is 2.35 bits per heavy atom. The molecule has 5 amide bonds. The van der Waals surface area contributed by atoms with Gasteiger partial charge < -0.3 is 30.9 Å². The van der Waals surface area contributed by atoms with E-state index in [0.717, 1.165) is 32.1 Å². The number of amides is 5. The minimum absolute atomic E-state index is 0.000923. The average molecular weight is 750 g/mol. The van der Waals surface area contributed by atoms with Crippen LogP contribution >= 0.6 is 0 Å². The maximum absolute atomic E-state index is 14.7. The van der Waals surface area contributed by atoms with Crippen LogP contribution in [0.3, 0.4) is 0 Å². The third kappa shape index (κ3) is 10.6. The van der Waals surface area contributed by atoms with E-state index in [1.807, 2.05) is 6.92 Å². The zero-order valence-electron chi connectivity index (χ0n) is 31.4. The van der Waals surface area contributed by atoms with Crippen molar-refractivity contribution in [1.82, 2.24) is 36.1 Å². The van der Waals surface area contributed by atoms with Gasteiger partial charge in [-0.2, -0.15) is 0 Å². The topological polar surface area (TPSA) is 189 Å². The van der Waals surface area contributed by atoms with Crippen LogP contribution in [0.1, 0.15) is 102 Å². The summed E-state index contributed by atoms with van der Waals surface area (Å²) < 4.78 is 20.1. The molecule has 0 bridgehead atoms. The van der Waals surface area contributed by atoms with Crippen molar-refractivity contribution in [3.8, 4) is 5.75 Å². The molecule has 54 heavy (non-hydrogen) atoms. The molecule has 0 radical (unpaired) electrons. The Kier molecular flexibility index (Phi) is 13.4. The van der Waals surface area contributed by atoms with E-state index < -0.39 is 76.8 Å². The molecule has 3 aliphatic rings. The normalized spacial score (nSPS) is 20.6. The molecule has 5 atom stereocenters. The summed E-state index contributed by atoms with van der Waals surface area (Å²) in [5, 5.41) is 11.2. The lowest BCUT2D eigenvalue weighted by molar-refractivity contribution is -0.145. The van der Waals surface area contributed by atoms with Gasteiger partial charge >= 0.3 is 0 Å². The molecule has 2 aromatic rings. The number of Topliss-reactive ketones (excluding diaryl/α,β-unsaturated/α-hetero) is 1. The molecule has 2 aliphatic carbocycles. The smallest absolute Gasteiger partial charge is 0.289 e. The minimum Gasteiger partial charge on any atom is -0.488 e. The number of aromatic nitrogens is 2. The number of rotatable bonds is 15. The summed E-state index contributed by atoms with van der Waals surface area (Å²) >= 11 is 0. The van der Waals surface area contributed by atoms with Crippen LogP contribution in [0.5, 0.6) is 5.75 Å². The summed E-state index contributed by atoms with van der Waals surface area (Å²) in [6.45, 7) is 7.09. The third-order valence-corrected chi connectivity index (χ3v) is 10.2. The highest BCUT2D eigenvalue weighted by atomic mass is 19.1. The molecule has 14 nitrogen and oxygen atoms in total. The van der Waals surface area contributed by atoms with Crippen LogP contribution in [-0.2, 0) is 24.0 Å². The summed E-state index contributed by atoms with van der Waals surface area (Å²) in [5.74, 6) is -4.38. The number of halogens is 1. The first-order valence-electron chi connectivity index (χ1n) is 19.0. The maximum atomic E-state index is 14.7. The number of hydrogen-bond acceptors (Lipinski definition) is 9. The predicted molar refractivity (Wildman–Crippen MR) is 195 cm³/mol. The van der Waals surface area contributed by atoms with Crippen LogP contribution in [0.4, 0.5) is 4.39 Å². The molecular formula is C39H52FN7O7. The van der Waals surface area contributed by atoms with Crippen LogP contribution < -0.4 is 26.0 Å². The molecule has 3 fully saturated rings. The Morgan fingerprint density at radius 2 is 1.72 bits per heavy atom. The van der Waals surface area contributed by atoms with Gasteiger partial charge in [-0.25, -0.2) is 9.37 Å². The maximum Gasteiger partial charge on any atom is 0.289 e. The fourth-order valence-corrected chi connectivity index (χ4v) is 7.12. The fraction of sp³-hybridized carbons (Fsp3) is 0.590. The summed E-state index contributed by atoms with van der Waals surface area (Å²) in [5.41, 5.74) is -0.821. The van der Waals surface area contributed by atoms with E-state index in [4.69, 9.17) is 4.74 Å². The van der Waals surface area contributed by atoms with E-state index >= 15 is 0 Å². The molecular weight excluding hydrogens is 697 g/mol. The fourth-order valence-electron chi connectivity index (χ4n) is 7.12. The predicted octanol–water partition coefficient (Wildman–Crippen LogP) is 3.01. The second-order valence-electron chi connectivity index (χ2n) is 15.6. The van der Waals surface area contributed by atoms with Crippen molar-refractivity contribution in [3.63, 3.8) is 0 Å². The van der Waals surface area contributed by atoms with Crippen molar-refractivity contribution >= 4 is 35.3 Å². The summed E-state index contributed by atoms with van der Waals surface area (Å²) in [6, 6.07) is 1.07. The third-order valence-electron chi connectivity index (χ3n) is 10.2. The van der Waals surface area contributed by atoms with Crippen LogP contribution in [0, 0.1) is 17.2 Å². The number of hydrogen-bond donors (Lipinski definition) is 4. The molecule has 0 unspecified atom stereocenters. The number of carbonyl (C=O) groups excluding carboxylic acids is 6. The van der Waals surface area contributed by atoms with E-state index in [9.17, 15) is 33.2 Å². The number of carbonyl (C=O) groups is 6. The van der Waals surface area contributed by atoms with Crippen molar-refractivity contribution in [3.05, 3.63) is 54.4 Å². The number of nitrogens with one attached hydrogen (secondary N) is 4. The second kappa shape index (κ2) is 17.9. The zero-order chi connectivity index (χ0) is 39.0. The van der Waals surface area contributed by atoms with E-state index in [1.54, 1.807) is 26.8 Å². The first-order valence-corrected chi connectivity index (χ1v) is 19.0. The van der Waals surface area contributed by atoms with Crippen molar-refractivity contribution < 1.29 is 37.9 Å². The summed E-state index contributed by atoms with van der Waals surface area (Å²) in [7, 11) is 0. The van der Waals surface area contributed by atoms with E-state index in [-0.39, 0.29) is 42.8 Å². The van der Waals surface area contributed by atoms with Gasteiger partial charge in [-0.3, -0.25) is 33.8 Å². The molecule has 2 heterocycles. The van der Waals surface area contributed by atoms with Gasteiger partial charge in [0.05, 0.1) is 18.8 Å². The van der Waals surface area contributed by atoms with Gasteiger partial charge in [-0.15, -0.1) is 0 Å². The van der Waals surface area contributed by atoms with Gasteiger partial charge in [0.1, 0.15) is 41.5 Å². The lowest BCUT2D eigenvalue weighted by Gasteiger charge is -2.37. The van der Waals surface area contributed by atoms with Crippen LogP contribution in [0.2, 0.25) is 0 Å². The molecule has 15 heteroatoms. The lowest BCUT2D eigenvalue weighted by atomic mass is 9.82. The Hall–Kier alpha value is -4.95. The van der Waals surface area contributed by atoms with Crippen molar-refractivity contribution in [1.29, 1.82) is 0 Å². The molecule has 1 aromatic heterocycles. The van der Waals surface area contributed by atoms with Gasteiger partial charge in [0, 0.05) is 30.9 Å². The van der Waals surface area contributed by atoms with E-state index in [0.29, 0.717) is 19.3 Å². The number of nitrogens with zero attached hydrogens (tertiary/aromatic N) is 3. The Labute approximate surface area is 315 Å². The van der Waals surface area contributed by atoms with E-state index in [1.165, 1.54) is 41.7 Å². The first-order chi connectivity index (χ1) is 25.7. The number of benzene rings is 1. The number of ketones is 1. The van der Waals surface area contributed by atoms with Crippen LogP contribution in [-0.4, -0.2) is 93.0 Å². The molecule has 1 aliphatic heterocycles. The van der Waals surface area contributed by atoms with Crippen molar-refractivity contribution in [2.75, 3.05) is 6.54 Å². The van der Waals surface area contributed by atoms with Gasteiger partial charge in [0.2, 0.25) is 23.5 Å². The monoisotopic (exact) mass is 749 g/mol. The molecule has 2 saturated carbocycles. The highest BCUT2D eigenvalue weighted by molar-refractivity contribution is 6.38. The van der Waals surface area contributed by atoms with E-state index in [2.05, 4.69) is 31.2 Å². The Bertz CT molecular complexity index is 1680. The van der Waals surface area contributed by atoms with Crippen LogP contribution in [0.15, 0.2) is 42.9 Å². The van der Waals surface area contributed by atoms with Crippen molar-refractivity contribution in [2.45, 2.75) is 128 Å². The molecule has 5 rings (SSSR count). The second-order valence-corrected chi connectivity index (χ2v) is 15.6. The lowest BCUT2D eigenvalue weighted by Crippen LogP contribution is -2.62. The number of likely N-dealkylation sites (tertiary alicyclic amines) is 1. The van der Waals surface area contributed by atoms with Gasteiger partial charge in [0.15, 0.2) is 0 Å². The average Bonchev–Trinajstić information content (AvgIpc) is 3.87. The SMILES string of the molecule is CCC[C@H](NC(=O)[C@@H]1C[C@@H](Oc2cccc(F)c2)CN1C(=O)[C@@H](NC(=O)[C@@H](NC(=O)c1cnccn1)C1CCCCC1)C(C)(C)C)C(=O)C(=O)NC1CC1. The highest BCUT2D eigenvalue weighted by Crippen LogP contribution is 2.31. The van der Waals surface area contributed by atoms with Crippen LogP contribution in [0.25, 0.3) is 0 Å². The molecule has 4 N–H and O–H groups in total. The first kappa shape index (κ1) is 40.2. The standard InChI is InChI=1S/C39H52FN7O7/c1-5-10-28(32(48)37(52)43-25-15-16-25)44-35(50)30-20-27(54-26-14-9-13-24(40)19-26)22-47(30)38(53)33(39(2,3)4)46-36(51)31(23-11-7-6-8-12-23)45-34(49)29-21-41-17-18-42-29/h9,13-14,17-19,21,23,25,27-28,30-31,33H,5-8,10-12,15-16,20,22H2,1-4H3,(H,43,52)(H,44,50)(H,45,49)(H,46,51)/t27-,28+,30+,31+,33-/m1/s1. The molecule has 1 saturated heterocycles. The quantitative estimate of drug-likeness (QED) is 0.199. The Morgan fingerprint density at radius 1 is 0.981 bits per heavy atom. The zero-order valence-corrected chi connectivity index (χ0v) is 31.4. The summed E-state index contributed by atoms with van der Waals surface area (Å²) in [6.07, 6.45) is 9.87. The molecule has 1 aromatic carbocycles. The number of ether oxygens (including phenoxy) is 1. The van der Waals surface area contributed by atoms with Gasteiger partial charge in [-0.1, -0.05) is 59.4 Å². The largest absolute Gasteiger partial charge is 0.488 e. The molecule has 292 valence electrons. The van der Waals surface area contributed by atoms with Gasteiger partial charge in [0.25, 0.3) is 11.8 Å². The van der Waals surface area contributed by atoms with Crippen molar-refractivity contribution in [2.24, 2.45) is 11.3 Å². The van der Waals surface area contributed by atoms with Gasteiger partial charge in [-0.05, 0) is 55.6 Å². The minimum atomic E-state index is -1.16. The Balaban J connectivity index is 1.40. The summed E-state index contributed by atoms with van der Waals surface area (Å²) in [4.78, 5) is 91.4. The molecule has 0 spiro atoms. The highest BCUT2D eigenvalue weighted by Gasteiger charge is 2.47.